The molecule has 0 saturated heterocycles. The molecule has 0 fully saturated rings. The molecule has 0 aliphatic rings. The Morgan fingerprint density at radius 3 is 2.58 bits per heavy atom. The lowest BCUT2D eigenvalue weighted by atomic mass is 10.2. The van der Waals surface area contributed by atoms with E-state index in [4.69, 9.17) is 14.2 Å². The molecule has 0 spiro atoms. The van der Waals surface area contributed by atoms with E-state index < -0.39 is 0 Å². The van der Waals surface area contributed by atoms with Crippen LogP contribution in [0.2, 0.25) is 0 Å². The minimum atomic E-state index is 0.419. The number of methoxy groups -OCH3 is 1. The number of pyridine rings is 2. The summed E-state index contributed by atoms with van der Waals surface area (Å²) in [6, 6.07) is 11.5. The first-order valence-corrected chi connectivity index (χ1v) is 9.83. The number of aromatic nitrogens is 4. The minimum Gasteiger partial charge on any atom is -0.475 e. The smallest absolute Gasteiger partial charge is 0.214 e. The van der Waals surface area contributed by atoms with Gasteiger partial charge in [0.15, 0.2) is 0 Å². The van der Waals surface area contributed by atoms with Crippen LogP contribution in [0.5, 0.6) is 17.4 Å². The van der Waals surface area contributed by atoms with Crippen LogP contribution in [0.3, 0.4) is 0 Å². The highest BCUT2D eigenvalue weighted by Gasteiger charge is 2.09. The molecule has 1 N–H and O–H groups in total. The number of anilines is 2. The Hall–Kier alpha value is -3.78. The van der Waals surface area contributed by atoms with Gasteiger partial charge in [-0.3, -0.25) is 4.98 Å². The third kappa shape index (κ3) is 5.04. The molecule has 0 aliphatic carbocycles. The molecule has 0 unspecified atom stereocenters. The number of fused-ring (bicyclic) bond motifs is 1. The van der Waals surface area contributed by atoms with Gasteiger partial charge in [-0.05, 0) is 49.7 Å². The maximum atomic E-state index is 5.95. The predicted molar refractivity (Wildman–Crippen MR) is 118 cm³/mol. The fourth-order valence-corrected chi connectivity index (χ4v) is 2.97. The quantitative estimate of drug-likeness (QED) is 0.416. The molecule has 3 aromatic heterocycles. The highest BCUT2D eigenvalue weighted by Crippen LogP contribution is 2.30. The van der Waals surface area contributed by atoms with Crippen LogP contribution in [-0.4, -0.2) is 40.3 Å². The summed E-state index contributed by atoms with van der Waals surface area (Å²) in [5.74, 6) is 2.63. The van der Waals surface area contributed by atoms with Crippen LogP contribution in [0.4, 0.5) is 11.5 Å². The lowest BCUT2D eigenvalue weighted by Gasteiger charge is -2.13. The van der Waals surface area contributed by atoms with E-state index in [0.717, 1.165) is 33.6 Å². The molecule has 1 aromatic carbocycles. The van der Waals surface area contributed by atoms with Crippen LogP contribution in [0, 0.1) is 13.8 Å². The van der Waals surface area contributed by atoms with Gasteiger partial charge in [-0.2, -0.15) is 0 Å². The van der Waals surface area contributed by atoms with Crippen LogP contribution < -0.4 is 14.8 Å². The van der Waals surface area contributed by atoms with Crippen molar-refractivity contribution in [1.82, 2.24) is 19.9 Å². The Kier molecular flexibility index (Phi) is 6.18. The zero-order valence-electron chi connectivity index (χ0n) is 17.6. The van der Waals surface area contributed by atoms with E-state index in [9.17, 15) is 0 Å². The van der Waals surface area contributed by atoms with Crippen LogP contribution in [-0.2, 0) is 4.74 Å². The zero-order chi connectivity index (χ0) is 21.6. The van der Waals surface area contributed by atoms with Crippen molar-refractivity contribution in [2.75, 3.05) is 25.6 Å². The first-order chi connectivity index (χ1) is 15.1. The average Bonchev–Trinajstić information content (AvgIpc) is 2.78. The Labute approximate surface area is 180 Å². The molecule has 0 atom stereocenters. The molecule has 8 nitrogen and oxygen atoms in total. The van der Waals surface area contributed by atoms with Crippen molar-refractivity contribution in [1.29, 1.82) is 0 Å². The van der Waals surface area contributed by atoms with E-state index in [1.165, 1.54) is 6.33 Å². The van der Waals surface area contributed by atoms with Gasteiger partial charge < -0.3 is 19.5 Å². The number of aryl methyl sites for hydroxylation is 2. The second-order valence-electron chi connectivity index (χ2n) is 6.95. The number of nitrogens with zero attached hydrogens (tertiary/aromatic N) is 4. The Balaban J connectivity index is 1.54. The van der Waals surface area contributed by atoms with E-state index in [0.29, 0.717) is 30.7 Å². The third-order valence-corrected chi connectivity index (χ3v) is 4.58. The monoisotopic (exact) mass is 417 g/mol. The number of nitrogens with one attached hydrogen (secondary N) is 1. The Bertz CT molecular complexity index is 1180. The summed E-state index contributed by atoms with van der Waals surface area (Å²) in [7, 11) is 1.63. The van der Waals surface area contributed by atoms with Crippen LogP contribution in [0.15, 0.2) is 55.1 Å². The zero-order valence-corrected chi connectivity index (χ0v) is 17.6. The van der Waals surface area contributed by atoms with Gasteiger partial charge >= 0.3 is 0 Å². The highest BCUT2D eigenvalue weighted by atomic mass is 16.5. The van der Waals surface area contributed by atoms with Crippen LogP contribution in [0.1, 0.15) is 11.3 Å². The van der Waals surface area contributed by atoms with Crippen LogP contribution in [0.25, 0.3) is 10.9 Å². The van der Waals surface area contributed by atoms with Gasteiger partial charge in [0.25, 0.3) is 0 Å². The first kappa shape index (κ1) is 20.5. The van der Waals surface area contributed by atoms with Crippen molar-refractivity contribution in [2.45, 2.75) is 13.8 Å². The molecule has 158 valence electrons. The van der Waals surface area contributed by atoms with Crippen molar-refractivity contribution in [2.24, 2.45) is 0 Å². The molecular weight excluding hydrogens is 394 g/mol. The van der Waals surface area contributed by atoms with E-state index in [1.54, 1.807) is 19.5 Å². The summed E-state index contributed by atoms with van der Waals surface area (Å²) in [4.78, 5) is 17.2. The van der Waals surface area contributed by atoms with Gasteiger partial charge in [-0.25, -0.2) is 15.0 Å². The van der Waals surface area contributed by atoms with Crippen LogP contribution >= 0.6 is 0 Å². The first-order valence-electron chi connectivity index (χ1n) is 9.83. The molecule has 31 heavy (non-hydrogen) atoms. The van der Waals surface area contributed by atoms with Gasteiger partial charge in [0.2, 0.25) is 5.88 Å². The number of benzene rings is 1. The topological polar surface area (TPSA) is 91.3 Å². The molecule has 8 heteroatoms. The van der Waals surface area contributed by atoms with Gasteiger partial charge in [0, 0.05) is 29.9 Å². The van der Waals surface area contributed by atoms with Crippen molar-refractivity contribution in [3.8, 4) is 17.4 Å². The normalized spacial score (nSPS) is 10.8. The number of hydrogen-bond acceptors (Lipinski definition) is 8. The van der Waals surface area contributed by atoms with Crippen molar-refractivity contribution in [3.05, 3.63) is 66.4 Å². The lowest BCUT2D eigenvalue weighted by Crippen LogP contribution is -2.05. The minimum absolute atomic E-state index is 0.419. The largest absolute Gasteiger partial charge is 0.475 e. The SMILES string of the molecule is COCCOc1cc2c(Nc3ccc(Oc4ccc(C)nc4)c(C)c3)ncnc2cn1. The maximum absolute atomic E-state index is 5.95. The van der Waals surface area contributed by atoms with Crippen molar-refractivity contribution >= 4 is 22.4 Å². The number of ether oxygens (including phenoxy) is 3. The summed E-state index contributed by atoms with van der Waals surface area (Å²) in [6.07, 6.45) is 4.89. The Morgan fingerprint density at radius 1 is 0.903 bits per heavy atom. The van der Waals surface area contributed by atoms with Crippen molar-refractivity contribution < 1.29 is 14.2 Å². The Morgan fingerprint density at radius 2 is 1.81 bits per heavy atom. The summed E-state index contributed by atoms with van der Waals surface area (Å²) in [6.45, 7) is 4.84. The molecule has 0 radical (unpaired) electrons. The lowest BCUT2D eigenvalue weighted by molar-refractivity contribution is 0.144. The fourth-order valence-electron chi connectivity index (χ4n) is 2.97. The number of hydrogen-bond donors (Lipinski definition) is 1. The van der Waals surface area contributed by atoms with E-state index in [1.807, 2.05) is 50.2 Å². The van der Waals surface area contributed by atoms with Gasteiger partial charge in [-0.1, -0.05) is 0 Å². The molecular formula is C23H23N5O3. The third-order valence-electron chi connectivity index (χ3n) is 4.58. The predicted octanol–water partition coefficient (Wildman–Crippen LogP) is 4.60. The fraction of sp³-hybridized carbons (Fsp3) is 0.217. The van der Waals surface area contributed by atoms with E-state index >= 15 is 0 Å². The highest BCUT2D eigenvalue weighted by molar-refractivity contribution is 5.90. The average molecular weight is 417 g/mol. The molecule has 4 rings (SSSR count). The van der Waals surface area contributed by atoms with E-state index in [-0.39, 0.29) is 0 Å². The van der Waals surface area contributed by atoms with E-state index in [2.05, 4.69) is 25.3 Å². The van der Waals surface area contributed by atoms with Gasteiger partial charge in [-0.15, -0.1) is 0 Å². The summed E-state index contributed by atoms with van der Waals surface area (Å²) < 4.78 is 16.6. The second-order valence-corrected chi connectivity index (χ2v) is 6.95. The second kappa shape index (κ2) is 9.36. The number of rotatable bonds is 8. The molecule has 0 aliphatic heterocycles. The summed E-state index contributed by atoms with van der Waals surface area (Å²) in [5.41, 5.74) is 3.53. The summed E-state index contributed by atoms with van der Waals surface area (Å²) >= 11 is 0. The van der Waals surface area contributed by atoms with Gasteiger partial charge in [0.1, 0.15) is 30.3 Å². The molecule has 3 heterocycles. The molecule has 4 aromatic rings. The standard InChI is InChI=1S/C23H23N5O3/c1-15-10-17(5-7-21(15)31-18-6-4-16(2)24-12-18)28-23-19-11-22(30-9-8-29-3)25-13-20(19)26-14-27-23/h4-7,10-14H,8-9H2,1-3H3,(H,26,27,28). The molecule has 0 bridgehead atoms. The molecule has 0 amide bonds. The maximum Gasteiger partial charge on any atom is 0.214 e. The molecule has 0 saturated carbocycles. The van der Waals surface area contributed by atoms with Crippen molar-refractivity contribution in [3.63, 3.8) is 0 Å². The van der Waals surface area contributed by atoms with Gasteiger partial charge in [0.05, 0.1) is 24.5 Å². The summed E-state index contributed by atoms with van der Waals surface area (Å²) in [5, 5.41) is 4.17.